The third-order valence-electron chi connectivity index (χ3n) is 8.16. The van der Waals surface area contributed by atoms with Gasteiger partial charge in [0.1, 0.15) is 0 Å². The van der Waals surface area contributed by atoms with E-state index < -0.39 is 5.66 Å². The largest absolute Gasteiger partial charge is 0.371 e. The molecular weight excluding hydrogens is 418 g/mol. The fourth-order valence-electron chi connectivity index (χ4n) is 6.38. The van der Waals surface area contributed by atoms with Crippen LogP contribution in [0.4, 0.5) is 0 Å². The highest BCUT2D eigenvalue weighted by molar-refractivity contribution is 5.87. The van der Waals surface area contributed by atoms with Crippen LogP contribution in [0.2, 0.25) is 0 Å². The highest BCUT2D eigenvalue weighted by Crippen LogP contribution is 2.51. The fraction of sp³-hybridized carbons (Fsp3) is 0.310. The van der Waals surface area contributed by atoms with Crippen LogP contribution in [0.15, 0.2) is 98.8 Å². The van der Waals surface area contributed by atoms with Crippen molar-refractivity contribution < 1.29 is 0 Å². The van der Waals surface area contributed by atoms with E-state index in [2.05, 4.69) is 70.9 Å². The predicted molar refractivity (Wildman–Crippen MR) is 139 cm³/mol. The first-order valence-electron chi connectivity index (χ1n) is 12.4. The third-order valence-corrected chi connectivity index (χ3v) is 8.16. The first kappa shape index (κ1) is 20.0. The summed E-state index contributed by atoms with van der Waals surface area (Å²) in [5, 5.41) is 6.00. The molecule has 3 N–H and O–H groups in total. The van der Waals surface area contributed by atoms with Crippen molar-refractivity contribution >= 4 is 23.3 Å². The Labute approximate surface area is 200 Å². The Morgan fingerprint density at radius 3 is 2.79 bits per heavy atom. The first-order valence-corrected chi connectivity index (χ1v) is 12.4. The van der Waals surface area contributed by atoms with Gasteiger partial charge in [-0.25, -0.2) is 4.99 Å². The zero-order valence-corrected chi connectivity index (χ0v) is 19.3. The number of piperidine rings is 1. The van der Waals surface area contributed by atoms with Gasteiger partial charge in [0.05, 0.1) is 6.34 Å². The number of nitrogens with two attached hydrogens (primary N) is 1. The first-order chi connectivity index (χ1) is 16.7. The van der Waals surface area contributed by atoms with Crippen LogP contribution in [0, 0.1) is 0 Å². The maximum absolute atomic E-state index is 7.03. The normalized spacial score (nSPS) is 26.5. The van der Waals surface area contributed by atoms with Crippen molar-refractivity contribution in [1.29, 1.82) is 0 Å². The van der Waals surface area contributed by atoms with E-state index in [1.165, 1.54) is 44.4 Å². The molecule has 2 aromatic carbocycles. The molecule has 3 heterocycles. The number of likely N-dealkylation sites (tertiary alicyclic amines) is 1. The Balaban J connectivity index is 1.17. The fourth-order valence-corrected chi connectivity index (χ4v) is 6.38. The SMILES string of the molecule is NC1(Cc2cccc3ccccc23)CCN(C2=CC3=CCCC4=C3C3(N=CC=C23)N=CN4)CC1. The summed E-state index contributed by atoms with van der Waals surface area (Å²) in [6.07, 6.45) is 15.6. The van der Waals surface area contributed by atoms with E-state index in [4.69, 9.17) is 15.7 Å². The molecule has 0 saturated carbocycles. The molecule has 5 aliphatic rings. The van der Waals surface area contributed by atoms with Gasteiger partial charge in [-0.05, 0) is 66.2 Å². The van der Waals surface area contributed by atoms with E-state index in [0.29, 0.717) is 0 Å². The minimum atomic E-state index is -0.600. The number of allylic oxidation sites excluding steroid dienone is 4. The number of aliphatic imine (C=N–C) groups is 2. The highest BCUT2D eigenvalue weighted by atomic mass is 15.2. The Morgan fingerprint density at radius 2 is 1.88 bits per heavy atom. The van der Waals surface area contributed by atoms with Gasteiger partial charge in [0.15, 0.2) is 0 Å². The standard InChI is InChI=1S/C29H29N5/c30-28(18-22-8-3-6-20-5-1-2-9-23(20)22)12-15-34(16-13-28)26-17-21-7-4-10-25-27(21)29(33-19-31-25)24(26)11-14-32-29/h1-3,5-9,11,14,17,19H,4,10,12-13,15-16,18,30H2,(H,31,33). The van der Waals surface area contributed by atoms with Crippen LogP contribution in [0.5, 0.6) is 0 Å². The van der Waals surface area contributed by atoms with Crippen molar-refractivity contribution in [2.45, 2.75) is 43.3 Å². The van der Waals surface area contributed by atoms with Crippen molar-refractivity contribution in [3.8, 4) is 0 Å². The summed E-state index contributed by atoms with van der Waals surface area (Å²) >= 11 is 0. The molecule has 1 spiro atoms. The van der Waals surface area contributed by atoms with Crippen molar-refractivity contribution in [3.63, 3.8) is 0 Å². The van der Waals surface area contributed by atoms with Gasteiger partial charge in [-0.2, -0.15) is 0 Å². The van der Waals surface area contributed by atoms with Gasteiger partial charge < -0.3 is 16.0 Å². The van der Waals surface area contributed by atoms with Crippen LogP contribution >= 0.6 is 0 Å². The van der Waals surface area contributed by atoms with E-state index >= 15 is 0 Å². The molecule has 0 amide bonds. The number of hydrogen-bond donors (Lipinski definition) is 2. The van der Waals surface area contributed by atoms with E-state index in [0.717, 1.165) is 45.2 Å². The quantitative estimate of drug-likeness (QED) is 0.734. The summed E-state index contributed by atoms with van der Waals surface area (Å²) in [5.74, 6) is 0. The van der Waals surface area contributed by atoms with E-state index in [-0.39, 0.29) is 5.54 Å². The van der Waals surface area contributed by atoms with E-state index in [1.54, 1.807) is 0 Å². The minimum absolute atomic E-state index is 0.191. The van der Waals surface area contributed by atoms with Gasteiger partial charge >= 0.3 is 0 Å². The topological polar surface area (TPSA) is 66.0 Å². The summed E-state index contributed by atoms with van der Waals surface area (Å²) in [6.45, 7) is 1.89. The van der Waals surface area contributed by atoms with Crippen LogP contribution in [-0.4, -0.2) is 41.7 Å². The Kier molecular flexibility index (Phi) is 4.28. The van der Waals surface area contributed by atoms with Crippen molar-refractivity contribution in [1.82, 2.24) is 10.2 Å². The van der Waals surface area contributed by atoms with Gasteiger partial charge in [-0.3, -0.25) is 4.99 Å². The second-order valence-corrected chi connectivity index (χ2v) is 10.2. The molecule has 34 heavy (non-hydrogen) atoms. The van der Waals surface area contributed by atoms with Crippen LogP contribution in [0.1, 0.15) is 31.2 Å². The van der Waals surface area contributed by atoms with Gasteiger partial charge in [0, 0.05) is 47.4 Å². The summed E-state index contributed by atoms with van der Waals surface area (Å²) < 4.78 is 0. The molecule has 0 bridgehead atoms. The molecule has 1 saturated heterocycles. The van der Waals surface area contributed by atoms with E-state index in [1.807, 2.05) is 12.6 Å². The van der Waals surface area contributed by atoms with Crippen molar-refractivity contribution in [3.05, 3.63) is 94.4 Å². The average Bonchev–Trinajstić information content (AvgIpc) is 3.28. The Bertz CT molecular complexity index is 1370. The smallest absolute Gasteiger partial charge is 0.207 e. The zero-order chi connectivity index (χ0) is 22.8. The van der Waals surface area contributed by atoms with Gasteiger partial charge in [0.25, 0.3) is 0 Å². The Morgan fingerprint density at radius 1 is 1.03 bits per heavy atom. The molecule has 1 fully saturated rings. The molecule has 170 valence electrons. The molecule has 0 aromatic heterocycles. The van der Waals surface area contributed by atoms with Crippen LogP contribution in [0.3, 0.4) is 0 Å². The van der Waals surface area contributed by atoms with Crippen LogP contribution in [-0.2, 0) is 6.42 Å². The lowest BCUT2D eigenvalue weighted by atomic mass is 9.75. The number of hydrogen-bond acceptors (Lipinski definition) is 5. The maximum Gasteiger partial charge on any atom is 0.207 e. The van der Waals surface area contributed by atoms with Gasteiger partial charge in [-0.1, -0.05) is 48.5 Å². The number of fused-ring (bicyclic) bond motifs is 1. The summed E-state index contributed by atoms with van der Waals surface area (Å²) in [5.41, 5.74) is 13.8. The molecule has 5 nitrogen and oxygen atoms in total. The molecular formula is C29H29N5. The monoisotopic (exact) mass is 447 g/mol. The van der Waals surface area contributed by atoms with Gasteiger partial charge in [0.2, 0.25) is 5.66 Å². The summed E-state index contributed by atoms with van der Waals surface area (Å²) in [4.78, 5) is 12.3. The molecule has 0 radical (unpaired) electrons. The second-order valence-electron chi connectivity index (χ2n) is 10.2. The number of nitrogens with one attached hydrogen (secondary N) is 1. The lowest BCUT2D eigenvalue weighted by molar-refractivity contribution is 0.196. The van der Waals surface area contributed by atoms with Crippen molar-refractivity contribution in [2.24, 2.45) is 15.7 Å². The predicted octanol–water partition coefficient (Wildman–Crippen LogP) is 4.39. The lowest BCUT2D eigenvalue weighted by Gasteiger charge is -2.46. The minimum Gasteiger partial charge on any atom is -0.371 e. The summed E-state index contributed by atoms with van der Waals surface area (Å²) in [6, 6.07) is 15.2. The average molecular weight is 448 g/mol. The third kappa shape index (κ3) is 2.90. The maximum atomic E-state index is 7.03. The molecule has 1 atom stereocenters. The second kappa shape index (κ2) is 7.28. The number of benzene rings is 2. The number of nitrogens with zero attached hydrogens (tertiary/aromatic N) is 3. The Hall–Kier alpha value is -3.44. The van der Waals surface area contributed by atoms with Crippen LogP contribution < -0.4 is 11.1 Å². The van der Waals surface area contributed by atoms with E-state index in [9.17, 15) is 0 Å². The highest BCUT2D eigenvalue weighted by Gasteiger charge is 2.49. The molecule has 2 aromatic rings. The summed E-state index contributed by atoms with van der Waals surface area (Å²) in [7, 11) is 0. The van der Waals surface area contributed by atoms with Crippen LogP contribution in [0.25, 0.3) is 10.8 Å². The molecule has 5 heteroatoms. The van der Waals surface area contributed by atoms with Gasteiger partial charge in [-0.15, -0.1) is 0 Å². The van der Waals surface area contributed by atoms with Crippen molar-refractivity contribution in [2.75, 3.05) is 13.1 Å². The molecule has 2 aliphatic carbocycles. The lowest BCUT2D eigenvalue weighted by Crippen LogP contribution is -2.52. The molecule has 7 rings (SSSR count). The molecule has 1 unspecified atom stereocenters. The molecule has 3 aliphatic heterocycles. The number of rotatable bonds is 3. The zero-order valence-electron chi connectivity index (χ0n) is 19.3.